The van der Waals surface area contributed by atoms with Crippen LogP contribution in [0.1, 0.15) is 22.7 Å². The largest absolute Gasteiger partial charge is 0.508 e. The maximum absolute atomic E-state index is 14.4. The number of phenols is 1. The molecule has 1 heterocycles. The van der Waals surface area contributed by atoms with E-state index in [4.69, 9.17) is 5.11 Å². The number of halogens is 2. The van der Waals surface area contributed by atoms with E-state index in [2.05, 4.69) is 5.32 Å². The van der Waals surface area contributed by atoms with Crippen molar-refractivity contribution >= 4 is 0 Å². The monoisotopic (exact) mass is 300 g/mol. The lowest BCUT2D eigenvalue weighted by molar-refractivity contribution is -0.119. The van der Waals surface area contributed by atoms with Crippen LogP contribution in [-0.4, -0.2) is 53.8 Å². The quantitative estimate of drug-likeness (QED) is 0.790. The summed E-state index contributed by atoms with van der Waals surface area (Å²) in [7, 11) is 0. The maximum atomic E-state index is 14.4. The Morgan fingerprint density at radius 2 is 1.76 bits per heavy atom. The zero-order valence-corrected chi connectivity index (χ0v) is 12.4. The van der Waals surface area contributed by atoms with E-state index in [0.717, 1.165) is 0 Å². The van der Waals surface area contributed by atoms with Crippen molar-refractivity contribution in [2.45, 2.75) is 25.8 Å². The standard InChI is InChI=1S/C15H22F2N2O2/c1-10-7-12(21)8-11(2)13(10)14(15(16,17)9-20)19-5-3-18-4-6-19/h7-8,14,18,20-21H,3-6,9H2,1-2H3/t14-/m0/s1. The first-order valence-corrected chi connectivity index (χ1v) is 7.10. The van der Waals surface area contributed by atoms with Gasteiger partial charge in [0.25, 0.3) is 5.92 Å². The molecule has 1 atom stereocenters. The fourth-order valence-corrected chi connectivity index (χ4v) is 3.07. The molecule has 0 amide bonds. The van der Waals surface area contributed by atoms with Crippen LogP contribution >= 0.6 is 0 Å². The lowest BCUT2D eigenvalue weighted by atomic mass is 9.90. The molecule has 21 heavy (non-hydrogen) atoms. The highest BCUT2D eigenvalue weighted by Gasteiger charge is 2.45. The minimum Gasteiger partial charge on any atom is -0.508 e. The van der Waals surface area contributed by atoms with E-state index in [9.17, 15) is 13.9 Å². The van der Waals surface area contributed by atoms with Gasteiger partial charge >= 0.3 is 0 Å². The number of aliphatic hydroxyl groups excluding tert-OH is 1. The van der Waals surface area contributed by atoms with Crippen LogP contribution in [0.4, 0.5) is 8.78 Å². The van der Waals surface area contributed by atoms with Gasteiger partial charge in [-0.15, -0.1) is 0 Å². The van der Waals surface area contributed by atoms with Gasteiger partial charge < -0.3 is 15.5 Å². The molecule has 6 heteroatoms. The molecule has 1 saturated heterocycles. The van der Waals surface area contributed by atoms with Crippen molar-refractivity contribution in [3.8, 4) is 5.75 Å². The van der Waals surface area contributed by atoms with E-state index in [1.54, 1.807) is 18.7 Å². The van der Waals surface area contributed by atoms with Crippen molar-refractivity contribution in [1.29, 1.82) is 0 Å². The Morgan fingerprint density at radius 1 is 1.24 bits per heavy atom. The van der Waals surface area contributed by atoms with Gasteiger partial charge in [-0.25, -0.2) is 8.78 Å². The second kappa shape index (κ2) is 6.25. The Kier molecular flexibility index (Phi) is 4.81. The normalized spacial score (nSPS) is 18.7. The fraction of sp³-hybridized carbons (Fsp3) is 0.600. The number of piperazine rings is 1. The molecule has 3 N–H and O–H groups in total. The molecule has 0 spiro atoms. The summed E-state index contributed by atoms with van der Waals surface area (Å²) >= 11 is 0. The van der Waals surface area contributed by atoms with Crippen LogP contribution in [0.2, 0.25) is 0 Å². The smallest absolute Gasteiger partial charge is 0.289 e. The summed E-state index contributed by atoms with van der Waals surface area (Å²) in [5.41, 5.74) is 1.72. The summed E-state index contributed by atoms with van der Waals surface area (Å²) in [5, 5.41) is 21.9. The van der Waals surface area contributed by atoms with Gasteiger partial charge in [-0.3, -0.25) is 4.90 Å². The van der Waals surface area contributed by atoms with Crippen LogP contribution in [0.5, 0.6) is 5.75 Å². The summed E-state index contributed by atoms with van der Waals surface area (Å²) in [5.74, 6) is -3.16. The van der Waals surface area contributed by atoms with Crippen LogP contribution in [0.15, 0.2) is 12.1 Å². The second-order valence-electron chi connectivity index (χ2n) is 5.60. The average molecular weight is 300 g/mol. The first kappa shape index (κ1) is 16.1. The van der Waals surface area contributed by atoms with E-state index >= 15 is 0 Å². The third-order valence-corrected chi connectivity index (χ3v) is 3.98. The Bertz CT molecular complexity index is 479. The molecule has 4 nitrogen and oxygen atoms in total. The van der Waals surface area contributed by atoms with E-state index in [-0.39, 0.29) is 5.75 Å². The highest BCUT2D eigenvalue weighted by molar-refractivity contribution is 5.43. The predicted octanol–water partition coefficient (Wildman–Crippen LogP) is 1.58. The summed E-state index contributed by atoms with van der Waals surface area (Å²) in [4.78, 5) is 1.71. The Morgan fingerprint density at radius 3 is 2.24 bits per heavy atom. The van der Waals surface area contributed by atoms with Crippen molar-refractivity contribution in [2.24, 2.45) is 0 Å². The maximum Gasteiger partial charge on any atom is 0.289 e. The molecule has 1 fully saturated rings. The molecule has 0 bridgehead atoms. The second-order valence-corrected chi connectivity index (χ2v) is 5.60. The fourth-order valence-electron chi connectivity index (χ4n) is 3.07. The van der Waals surface area contributed by atoms with Gasteiger partial charge in [0.05, 0.1) is 0 Å². The summed E-state index contributed by atoms with van der Waals surface area (Å²) in [6.07, 6.45) is 0. The molecule has 0 aromatic heterocycles. The Hall–Kier alpha value is -1.24. The molecule has 1 aliphatic heterocycles. The van der Waals surface area contributed by atoms with Crippen molar-refractivity contribution in [2.75, 3.05) is 32.8 Å². The first-order chi connectivity index (χ1) is 9.86. The number of aliphatic hydroxyl groups is 1. The third kappa shape index (κ3) is 3.33. The van der Waals surface area contributed by atoms with Gasteiger partial charge in [0, 0.05) is 26.2 Å². The van der Waals surface area contributed by atoms with Crippen LogP contribution in [0, 0.1) is 13.8 Å². The van der Waals surface area contributed by atoms with Crippen molar-refractivity contribution in [3.05, 3.63) is 28.8 Å². The van der Waals surface area contributed by atoms with Crippen molar-refractivity contribution < 1.29 is 19.0 Å². The van der Waals surface area contributed by atoms with Gasteiger partial charge in [-0.1, -0.05) is 0 Å². The molecule has 1 aliphatic rings. The van der Waals surface area contributed by atoms with Gasteiger partial charge in [0.1, 0.15) is 18.4 Å². The number of aryl methyl sites for hydroxylation is 2. The SMILES string of the molecule is Cc1cc(O)cc(C)c1[C@H](N1CCNCC1)C(F)(F)CO. The molecule has 2 rings (SSSR count). The van der Waals surface area contributed by atoms with E-state index in [1.807, 2.05) is 0 Å². The highest BCUT2D eigenvalue weighted by atomic mass is 19.3. The minimum absolute atomic E-state index is 0.0696. The average Bonchev–Trinajstić information content (AvgIpc) is 2.43. The van der Waals surface area contributed by atoms with E-state index in [1.165, 1.54) is 12.1 Å². The summed E-state index contributed by atoms with van der Waals surface area (Å²) in [6.45, 7) is 4.53. The zero-order valence-electron chi connectivity index (χ0n) is 12.4. The minimum atomic E-state index is -3.23. The Labute approximate surface area is 123 Å². The van der Waals surface area contributed by atoms with E-state index in [0.29, 0.717) is 42.9 Å². The van der Waals surface area contributed by atoms with Crippen molar-refractivity contribution in [3.63, 3.8) is 0 Å². The highest BCUT2D eigenvalue weighted by Crippen LogP contribution is 2.40. The zero-order chi connectivity index (χ0) is 15.6. The van der Waals surface area contributed by atoms with Crippen LogP contribution < -0.4 is 5.32 Å². The number of hydrogen-bond donors (Lipinski definition) is 3. The number of rotatable bonds is 4. The molecule has 118 valence electrons. The van der Waals surface area contributed by atoms with Crippen LogP contribution in [-0.2, 0) is 0 Å². The van der Waals surface area contributed by atoms with Crippen LogP contribution in [0.25, 0.3) is 0 Å². The van der Waals surface area contributed by atoms with Gasteiger partial charge in [0.2, 0.25) is 0 Å². The van der Waals surface area contributed by atoms with Gasteiger partial charge in [-0.05, 0) is 42.7 Å². The number of hydrogen-bond acceptors (Lipinski definition) is 4. The molecule has 0 radical (unpaired) electrons. The molecular weight excluding hydrogens is 278 g/mol. The van der Waals surface area contributed by atoms with Crippen LogP contribution in [0.3, 0.4) is 0 Å². The number of nitrogens with one attached hydrogen (secondary N) is 1. The predicted molar refractivity (Wildman–Crippen MR) is 76.8 cm³/mol. The Balaban J connectivity index is 2.49. The van der Waals surface area contributed by atoms with Gasteiger partial charge in [0.15, 0.2) is 0 Å². The molecule has 0 saturated carbocycles. The number of alkyl halides is 2. The number of phenolic OH excluding ortho intramolecular Hbond substituents is 1. The number of nitrogens with zero attached hydrogens (tertiary/aromatic N) is 1. The topological polar surface area (TPSA) is 55.7 Å². The lowest BCUT2D eigenvalue weighted by Gasteiger charge is -2.40. The molecule has 1 aromatic rings. The molecule has 1 aromatic carbocycles. The van der Waals surface area contributed by atoms with Crippen molar-refractivity contribution in [1.82, 2.24) is 10.2 Å². The summed E-state index contributed by atoms with van der Waals surface area (Å²) < 4.78 is 28.7. The first-order valence-electron chi connectivity index (χ1n) is 7.10. The molecule has 0 unspecified atom stereocenters. The lowest BCUT2D eigenvalue weighted by Crippen LogP contribution is -2.51. The molecular formula is C15H22F2N2O2. The summed E-state index contributed by atoms with van der Waals surface area (Å²) in [6, 6.07) is 1.81. The molecule has 0 aliphatic carbocycles. The van der Waals surface area contributed by atoms with E-state index < -0.39 is 18.6 Å². The number of benzene rings is 1. The van der Waals surface area contributed by atoms with Gasteiger partial charge in [-0.2, -0.15) is 0 Å². The third-order valence-electron chi connectivity index (χ3n) is 3.98. The number of aromatic hydroxyl groups is 1.